The van der Waals surface area contributed by atoms with Gasteiger partial charge in [0.2, 0.25) is 0 Å². The molecular formula is C26H27Cl2F3N4O6S. The Morgan fingerprint density at radius 1 is 1.19 bits per heavy atom. The molecule has 228 valence electrons. The van der Waals surface area contributed by atoms with Crippen LogP contribution in [0.5, 0.6) is 0 Å². The first-order chi connectivity index (χ1) is 19.5. The van der Waals surface area contributed by atoms with E-state index in [1.807, 2.05) is 0 Å². The number of amides is 1. The number of H-pyrrole nitrogens is 1. The minimum atomic E-state index is -4.90. The summed E-state index contributed by atoms with van der Waals surface area (Å²) in [5, 5.41) is 8.30. The molecule has 0 aliphatic carbocycles. The number of aromatic amines is 1. The van der Waals surface area contributed by atoms with Gasteiger partial charge in [-0.3, -0.25) is 14.3 Å². The van der Waals surface area contributed by atoms with Gasteiger partial charge in [-0.1, -0.05) is 30.1 Å². The summed E-state index contributed by atoms with van der Waals surface area (Å²) in [6, 6.07) is 4.49. The Kier molecular flexibility index (Phi) is 9.03. The van der Waals surface area contributed by atoms with Crippen LogP contribution in [0.4, 0.5) is 18.0 Å². The quantitative estimate of drug-likeness (QED) is 0.372. The lowest BCUT2D eigenvalue weighted by atomic mass is 10.0. The van der Waals surface area contributed by atoms with Gasteiger partial charge in [-0.15, -0.1) is 0 Å². The maximum Gasteiger partial charge on any atom is 0.416 e. The molecule has 42 heavy (non-hydrogen) atoms. The fourth-order valence-corrected chi connectivity index (χ4v) is 6.75. The molecule has 4 rings (SSSR count). The normalized spacial score (nSPS) is 16.3. The minimum absolute atomic E-state index is 0.0205. The summed E-state index contributed by atoms with van der Waals surface area (Å²) in [5.74, 6) is -0.369. The van der Waals surface area contributed by atoms with Gasteiger partial charge in [0.25, 0.3) is 5.56 Å². The van der Waals surface area contributed by atoms with Gasteiger partial charge >= 0.3 is 18.0 Å². The van der Waals surface area contributed by atoms with E-state index in [2.05, 4.69) is 4.98 Å². The van der Waals surface area contributed by atoms with Gasteiger partial charge in [0.1, 0.15) is 0 Å². The highest BCUT2D eigenvalue weighted by atomic mass is 35.5. The van der Waals surface area contributed by atoms with E-state index in [0.29, 0.717) is 30.1 Å². The molecule has 2 heterocycles. The zero-order chi connectivity index (χ0) is 31.1. The lowest BCUT2D eigenvalue weighted by Gasteiger charge is -2.22. The van der Waals surface area contributed by atoms with Crippen LogP contribution >= 0.6 is 23.2 Å². The zero-order valence-electron chi connectivity index (χ0n) is 22.5. The fourth-order valence-electron chi connectivity index (χ4n) is 5.14. The average Bonchev–Trinajstić information content (AvgIpc) is 3.34. The maximum absolute atomic E-state index is 14.3. The molecule has 1 aliphatic heterocycles. The number of rotatable bonds is 8. The van der Waals surface area contributed by atoms with Gasteiger partial charge < -0.3 is 15.0 Å². The summed E-state index contributed by atoms with van der Waals surface area (Å²) in [7, 11) is -2.38. The molecule has 1 amide bonds. The first-order valence-electron chi connectivity index (χ1n) is 12.8. The summed E-state index contributed by atoms with van der Waals surface area (Å²) in [6.45, 7) is 1.53. The first kappa shape index (κ1) is 31.9. The van der Waals surface area contributed by atoms with Crippen molar-refractivity contribution in [1.29, 1.82) is 0 Å². The highest BCUT2D eigenvalue weighted by Crippen LogP contribution is 2.39. The van der Waals surface area contributed by atoms with Gasteiger partial charge in [0.05, 0.1) is 38.7 Å². The van der Waals surface area contributed by atoms with Crippen molar-refractivity contribution in [2.45, 2.75) is 37.5 Å². The number of likely N-dealkylation sites (tertiary alicyclic amines) is 1. The van der Waals surface area contributed by atoms with Crippen molar-refractivity contribution in [3.05, 3.63) is 71.8 Å². The molecule has 2 aromatic carbocycles. The number of alkyl halides is 3. The second-order valence-electron chi connectivity index (χ2n) is 10.2. The van der Waals surface area contributed by atoms with Crippen molar-refractivity contribution in [3.8, 4) is 0 Å². The van der Waals surface area contributed by atoms with Gasteiger partial charge in [0.15, 0.2) is 9.84 Å². The van der Waals surface area contributed by atoms with Crippen molar-refractivity contribution in [3.63, 3.8) is 0 Å². The molecule has 16 heteroatoms. The number of nitrogens with zero attached hydrogens (tertiary/aromatic N) is 3. The molecule has 1 atom stereocenters. The molecule has 3 aromatic rings. The Morgan fingerprint density at radius 2 is 1.88 bits per heavy atom. The Labute approximate surface area is 248 Å². The van der Waals surface area contributed by atoms with E-state index in [1.54, 1.807) is 4.90 Å². The van der Waals surface area contributed by atoms with Gasteiger partial charge in [-0.2, -0.15) is 13.2 Å². The van der Waals surface area contributed by atoms with Crippen LogP contribution in [0.15, 0.2) is 38.8 Å². The lowest BCUT2D eigenvalue weighted by Crippen LogP contribution is -2.36. The molecule has 0 spiro atoms. The number of aromatic nitrogens is 2. The second kappa shape index (κ2) is 11.9. The largest absolute Gasteiger partial charge is 0.465 e. The van der Waals surface area contributed by atoms with Crippen molar-refractivity contribution < 1.29 is 31.5 Å². The second-order valence-corrected chi connectivity index (χ2v) is 13.2. The van der Waals surface area contributed by atoms with Crippen LogP contribution in [0.3, 0.4) is 0 Å². The lowest BCUT2D eigenvalue weighted by molar-refractivity contribution is -0.138. The van der Waals surface area contributed by atoms with Crippen molar-refractivity contribution >= 4 is 50.0 Å². The van der Waals surface area contributed by atoms with Crippen LogP contribution in [-0.4, -0.2) is 71.4 Å². The van der Waals surface area contributed by atoms with E-state index in [1.165, 1.54) is 32.2 Å². The maximum atomic E-state index is 14.3. The minimum Gasteiger partial charge on any atom is -0.465 e. The standard InChI is InChI=1S/C26H27Cl2F3N4O6S/c1-3-42(40,41)20-5-4-16(27)8-15(20)12-35-23(36)17-9-19(26(29,30)31)18(21(28)22(17)32-24(35)37)13-34-7-6-14(11-34)10-33(2)25(38)39/h4-5,8-9,14H,3,6-7,10-13H2,1-2H3,(H,32,37)(H,38,39)/t14-/m1/s1. The van der Waals surface area contributed by atoms with Gasteiger partial charge in [-0.25, -0.2) is 18.0 Å². The van der Waals surface area contributed by atoms with Crippen LogP contribution in [0.1, 0.15) is 30.0 Å². The highest BCUT2D eigenvalue weighted by Gasteiger charge is 2.37. The Morgan fingerprint density at radius 3 is 2.50 bits per heavy atom. The predicted octanol–water partition coefficient (Wildman–Crippen LogP) is 4.29. The van der Waals surface area contributed by atoms with E-state index in [0.717, 1.165) is 4.90 Å². The fraction of sp³-hybridized carbons (Fsp3) is 0.423. The molecule has 1 saturated heterocycles. The van der Waals surface area contributed by atoms with Crippen molar-refractivity contribution in [2.75, 3.05) is 32.4 Å². The number of carboxylic acid groups (broad SMARTS) is 1. The summed E-state index contributed by atoms with van der Waals surface area (Å²) in [4.78, 5) is 42.7. The highest BCUT2D eigenvalue weighted by molar-refractivity contribution is 7.91. The van der Waals surface area contributed by atoms with E-state index >= 15 is 0 Å². The molecule has 0 unspecified atom stereocenters. The third-order valence-corrected chi connectivity index (χ3v) is 9.78. The number of fused-ring (bicyclic) bond motifs is 1. The summed E-state index contributed by atoms with van der Waals surface area (Å²) < 4.78 is 68.6. The molecule has 1 aromatic heterocycles. The number of nitrogens with one attached hydrogen (secondary N) is 1. The third kappa shape index (κ3) is 6.46. The van der Waals surface area contributed by atoms with Gasteiger partial charge in [-0.05, 0) is 54.3 Å². The Hall–Kier alpha value is -3.07. The number of halogens is 5. The first-order valence-corrected chi connectivity index (χ1v) is 15.2. The van der Waals surface area contributed by atoms with E-state index in [4.69, 9.17) is 28.3 Å². The molecule has 0 radical (unpaired) electrons. The van der Waals surface area contributed by atoms with E-state index in [9.17, 15) is 36.0 Å². The molecule has 10 nitrogen and oxygen atoms in total. The number of hydrogen-bond donors (Lipinski definition) is 2. The van der Waals surface area contributed by atoms with Crippen LogP contribution in [0, 0.1) is 5.92 Å². The Balaban J connectivity index is 1.79. The average molecular weight is 651 g/mol. The molecule has 2 N–H and O–H groups in total. The summed E-state index contributed by atoms with van der Waals surface area (Å²) >= 11 is 12.5. The summed E-state index contributed by atoms with van der Waals surface area (Å²) in [5.41, 5.74) is -3.84. The number of benzene rings is 2. The van der Waals surface area contributed by atoms with Crippen LogP contribution in [-0.2, 0) is 29.1 Å². The number of carbonyl (C=O) groups is 1. The number of sulfone groups is 1. The SMILES string of the molecule is CCS(=O)(=O)c1ccc(Cl)cc1Cn1c(=O)[nH]c2c(Cl)c(CN3CC[C@H](CN(C)C(=O)O)C3)c(C(F)(F)F)cc2c1=O. The monoisotopic (exact) mass is 650 g/mol. The third-order valence-electron chi connectivity index (χ3n) is 7.30. The number of hydrogen-bond acceptors (Lipinski definition) is 6. The zero-order valence-corrected chi connectivity index (χ0v) is 24.8. The molecule has 1 fully saturated rings. The molecule has 0 bridgehead atoms. The van der Waals surface area contributed by atoms with Crippen LogP contribution < -0.4 is 11.2 Å². The smallest absolute Gasteiger partial charge is 0.416 e. The van der Waals surface area contributed by atoms with Gasteiger partial charge in [0, 0.05) is 31.7 Å². The van der Waals surface area contributed by atoms with Crippen LogP contribution in [0.2, 0.25) is 10.0 Å². The molecule has 0 saturated carbocycles. The van der Waals surface area contributed by atoms with Crippen molar-refractivity contribution in [2.24, 2.45) is 5.92 Å². The van der Waals surface area contributed by atoms with E-state index < -0.39 is 55.9 Å². The predicted molar refractivity (Wildman–Crippen MR) is 151 cm³/mol. The molecule has 1 aliphatic rings. The van der Waals surface area contributed by atoms with Crippen LogP contribution in [0.25, 0.3) is 10.9 Å². The van der Waals surface area contributed by atoms with Crippen molar-refractivity contribution in [1.82, 2.24) is 19.4 Å². The van der Waals surface area contributed by atoms with E-state index in [-0.39, 0.29) is 51.3 Å². The summed E-state index contributed by atoms with van der Waals surface area (Å²) in [6.07, 6.45) is -5.46. The Bertz CT molecular complexity index is 1770. The topological polar surface area (TPSA) is 133 Å². The molecular weight excluding hydrogens is 624 g/mol.